The molecule has 0 saturated carbocycles. The van der Waals surface area contributed by atoms with Gasteiger partial charge in [0, 0.05) is 50.2 Å². The van der Waals surface area contributed by atoms with Gasteiger partial charge in [-0.1, -0.05) is 0 Å². The molecule has 0 bridgehead atoms. The molecule has 1 N–H and O–H groups in total. The van der Waals surface area contributed by atoms with E-state index in [2.05, 4.69) is 25.2 Å². The lowest BCUT2D eigenvalue weighted by molar-refractivity contribution is 0.547. The van der Waals surface area contributed by atoms with Crippen molar-refractivity contribution in [3.05, 3.63) is 53.3 Å². The van der Waals surface area contributed by atoms with E-state index in [0.29, 0.717) is 22.7 Å². The van der Waals surface area contributed by atoms with Gasteiger partial charge in [-0.25, -0.2) is 14.8 Å². The third-order valence-corrected chi connectivity index (χ3v) is 4.54. The molecule has 5 heterocycles. The average molecular weight is 385 g/mol. The molecule has 0 amide bonds. The lowest BCUT2D eigenvalue weighted by atomic mass is 10.2. The predicted molar refractivity (Wildman–Crippen MR) is 105 cm³/mol. The maximum Gasteiger partial charge on any atom is 0.347 e. The molecule has 1 aliphatic heterocycles. The molecule has 0 aromatic carbocycles. The van der Waals surface area contributed by atoms with Gasteiger partial charge < -0.3 is 14.6 Å². The predicted octanol–water partition coefficient (Wildman–Crippen LogP) is 1.73. The first-order valence-electron chi connectivity index (χ1n) is 8.49. The molecule has 27 heavy (non-hydrogen) atoms. The van der Waals surface area contributed by atoms with E-state index >= 15 is 0 Å². The number of fused-ring (bicyclic) bond motifs is 2. The second-order valence-electron chi connectivity index (χ2n) is 6.20. The van der Waals surface area contributed by atoms with Crippen molar-refractivity contribution in [2.75, 3.05) is 31.1 Å². The number of nitrogens with one attached hydrogen (secondary N) is 1. The number of pyridine rings is 1. The van der Waals surface area contributed by atoms with Gasteiger partial charge in [-0.2, -0.15) is 4.98 Å². The third-order valence-electron chi connectivity index (χ3n) is 4.54. The number of halogens is 1. The van der Waals surface area contributed by atoms with Crippen molar-refractivity contribution >= 4 is 35.1 Å². The van der Waals surface area contributed by atoms with Crippen LogP contribution in [0.15, 0.2) is 52.1 Å². The highest BCUT2D eigenvalue weighted by Crippen LogP contribution is 2.22. The number of anilines is 1. The zero-order valence-corrected chi connectivity index (χ0v) is 15.1. The molecular formula is C18H17ClN6O2. The lowest BCUT2D eigenvalue weighted by Crippen LogP contribution is -2.43. The highest BCUT2D eigenvalue weighted by molar-refractivity contribution is 5.85. The van der Waals surface area contributed by atoms with Crippen molar-refractivity contribution in [3.63, 3.8) is 0 Å². The van der Waals surface area contributed by atoms with Gasteiger partial charge in [0.25, 0.3) is 0 Å². The van der Waals surface area contributed by atoms with Crippen molar-refractivity contribution in [2.45, 2.75) is 0 Å². The SMILES string of the molecule is Cl.O=c1oc2nc(N3CCNCC3)ccc2cc1-c1cn2cccnc2n1. The van der Waals surface area contributed by atoms with E-state index in [1.54, 1.807) is 22.9 Å². The summed E-state index contributed by atoms with van der Waals surface area (Å²) >= 11 is 0. The summed E-state index contributed by atoms with van der Waals surface area (Å²) in [6.45, 7) is 3.61. The zero-order chi connectivity index (χ0) is 17.5. The second-order valence-corrected chi connectivity index (χ2v) is 6.20. The van der Waals surface area contributed by atoms with Crippen molar-refractivity contribution in [1.29, 1.82) is 0 Å². The molecule has 5 rings (SSSR count). The third kappa shape index (κ3) is 3.13. The highest BCUT2D eigenvalue weighted by atomic mass is 35.5. The van der Waals surface area contributed by atoms with Crippen LogP contribution in [-0.2, 0) is 0 Å². The van der Waals surface area contributed by atoms with Gasteiger partial charge in [0.15, 0.2) is 0 Å². The summed E-state index contributed by atoms with van der Waals surface area (Å²) in [5.41, 5.74) is 0.827. The summed E-state index contributed by atoms with van der Waals surface area (Å²) < 4.78 is 7.26. The van der Waals surface area contributed by atoms with Crippen molar-refractivity contribution in [3.8, 4) is 11.3 Å². The number of nitrogens with zero attached hydrogens (tertiary/aromatic N) is 5. The van der Waals surface area contributed by atoms with Gasteiger partial charge in [0.1, 0.15) is 5.82 Å². The molecule has 0 atom stereocenters. The second kappa shape index (κ2) is 6.98. The molecule has 8 nitrogen and oxygen atoms in total. The Balaban J connectivity index is 0.00000180. The summed E-state index contributed by atoms with van der Waals surface area (Å²) in [6, 6.07) is 7.48. The monoisotopic (exact) mass is 384 g/mol. The molecular weight excluding hydrogens is 368 g/mol. The van der Waals surface area contributed by atoms with Gasteiger partial charge in [0.05, 0.1) is 11.3 Å². The van der Waals surface area contributed by atoms with Gasteiger partial charge >= 0.3 is 5.63 Å². The van der Waals surface area contributed by atoms with Gasteiger partial charge in [-0.05, 0) is 24.3 Å². The number of piperazine rings is 1. The fraction of sp³-hybridized carbons (Fsp3) is 0.222. The average Bonchev–Trinajstić information content (AvgIpc) is 3.11. The Bertz CT molecular complexity index is 1130. The summed E-state index contributed by atoms with van der Waals surface area (Å²) in [6.07, 6.45) is 5.27. The fourth-order valence-electron chi connectivity index (χ4n) is 3.20. The van der Waals surface area contributed by atoms with E-state index in [9.17, 15) is 4.79 Å². The van der Waals surface area contributed by atoms with Crippen molar-refractivity contribution < 1.29 is 4.42 Å². The van der Waals surface area contributed by atoms with Gasteiger partial charge in [-0.3, -0.25) is 4.40 Å². The minimum absolute atomic E-state index is 0. The summed E-state index contributed by atoms with van der Waals surface area (Å²) in [5.74, 6) is 1.36. The molecule has 0 unspecified atom stereocenters. The zero-order valence-electron chi connectivity index (χ0n) is 14.3. The lowest BCUT2D eigenvalue weighted by Gasteiger charge is -2.28. The Morgan fingerprint density at radius 1 is 1.15 bits per heavy atom. The maximum atomic E-state index is 12.5. The number of imidazole rings is 1. The van der Waals surface area contributed by atoms with Gasteiger partial charge in [-0.15, -0.1) is 12.4 Å². The van der Waals surface area contributed by atoms with Crippen LogP contribution < -0.4 is 15.8 Å². The van der Waals surface area contributed by atoms with E-state index in [4.69, 9.17) is 4.42 Å². The Hall–Kier alpha value is -2.97. The Morgan fingerprint density at radius 3 is 2.81 bits per heavy atom. The van der Waals surface area contributed by atoms with E-state index in [-0.39, 0.29) is 12.4 Å². The smallest absolute Gasteiger partial charge is 0.347 e. The summed E-state index contributed by atoms with van der Waals surface area (Å²) in [7, 11) is 0. The normalized spacial score (nSPS) is 14.4. The van der Waals surface area contributed by atoms with Crippen molar-refractivity contribution in [1.82, 2.24) is 24.7 Å². The molecule has 0 aliphatic carbocycles. The molecule has 1 fully saturated rings. The van der Waals surface area contributed by atoms with E-state index in [1.165, 1.54) is 0 Å². The molecule has 138 valence electrons. The van der Waals surface area contributed by atoms with Crippen molar-refractivity contribution in [2.24, 2.45) is 0 Å². The molecule has 1 aliphatic rings. The molecule has 4 aromatic heterocycles. The molecule has 0 spiro atoms. The summed E-state index contributed by atoms with van der Waals surface area (Å²) in [5, 5.41) is 4.08. The van der Waals surface area contributed by atoms with E-state index in [1.807, 2.05) is 24.4 Å². The van der Waals surface area contributed by atoms with E-state index in [0.717, 1.165) is 37.4 Å². The topological polar surface area (TPSA) is 88.6 Å². The van der Waals surface area contributed by atoms with E-state index < -0.39 is 5.63 Å². The first-order chi connectivity index (χ1) is 12.8. The van der Waals surface area contributed by atoms with Crippen LogP contribution in [0.5, 0.6) is 0 Å². The Morgan fingerprint density at radius 2 is 2.00 bits per heavy atom. The molecule has 4 aromatic rings. The fourth-order valence-corrected chi connectivity index (χ4v) is 3.20. The molecule has 0 radical (unpaired) electrons. The minimum atomic E-state index is -0.453. The number of hydrogen-bond acceptors (Lipinski definition) is 7. The number of rotatable bonds is 2. The largest absolute Gasteiger partial charge is 0.403 e. The first-order valence-corrected chi connectivity index (χ1v) is 8.49. The van der Waals surface area contributed by atoms with Crippen LogP contribution in [0.2, 0.25) is 0 Å². The van der Waals surface area contributed by atoms with Gasteiger partial charge in [0.2, 0.25) is 11.5 Å². The first kappa shape index (κ1) is 17.4. The minimum Gasteiger partial charge on any atom is -0.403 e. The van der Waals surface area contributed by atoms with Crippen LogP contribution in [0.25, 0.3) is 28.1 Å². The quantitative estimate of drug-likeness (QED) is 0.563. The Kier molecular flexibility index (Phi) is 4.51. The van der Waals surface area contributed by atoms with Crippen LogP contribution >= 0.6 is 12.4 Å². The van der Waals surface area contributed by atoms with Crippen LogP contribution in [0.4, 0.5) is 5.82 Å². The molecule has 9 heteroatoms. The number of aromatic nitrogens is 4. The standard InChI is InChI=1S/C18H16N6O2.ClH/c25-17-13(14-11-24-7-1-4-20-18(24)21-14)10-12-2-3-15(22-16(12)26-17)23-8-5-19-6-9-23;/h1-4,7,10-11,19H,5-6,8-9H2;1H. The van der Waals surface area contributed by atoms with Crippen LogP contribution in [0.1, 0.15) is 0 Å². The highest BCUT2D eigenvalue weighted by Gasteiger charge is 2.15. The molecule has 1 saturated heterocycles. The maximum absolute atomic E-state index is 12.5. The Labute approximate surface area is 160 Å². The van der Waals surface area contributed by atoms with Crippen LogP contribution in [0, 0.1) is 0 Å². The number of hydrogen-bond donors (Lipinski definition) is 1. The summed E-state index contributed by atoms with van der Waals surface area (Å²) in [4.78, 5) is 27.8. The van der Waals surface area contributed by atoms with Crippen LogP contribution in [0.3, 0.4) is 0 Å². The van der Waals surface area contributed by atoms with Crippen LogP contribution in [-0.4, -0.2) is 45.5 Å².